The van der Waals surface area contributed by atoms with Crippen LogP contribution in [0.25, 0.3) is 0 Å². The van der Waals surface area contributed by atoms with Crippen molar-refractivity contribution in [3.8, 4) is 5.75 Å². The molecule has 4 atom stereocenters. The van der Waals surface area contributed by atoms with Crippen LogP contribution in [0.1, 0.15) is 66.3 Å². The quantitative estimate of drug-likeness (QED) is 0.366. The Morgan fingerprint density at radius 3 is 2.54 bits per heavy atom. The summed E-state index contributed by atoms with van der Waals surface area (Å²) < 4.78 is 12.7. The lowest BCUT2D eigenvalue weighted by molar-refractivity contribution is -0.131. The van der Waals surface area contributed by atoms with Crippen LogP contribution in [0.15, 0.2) is 73.1 Å². The Morgan fingerprint density at radius 1 is 1.09 bits per heavy atom. The number of ether oxygens (including phenoxy) is 2. The third-order valence-corrected chi connectivity index (χ3v) is 8.33. The molecule has 0 saturated heterocycles. The molecule has 4 rings (SSSR count). The minimum absolute atomic E-state index is 0.0145. The van der Waals surface area contributed by atoms with Gasteiger partial charge in [-0.1, -0.05) is 37.3 Å². The molecule has 1 aliphatic rings. The number of pyridine rings is 1. The van der Waals surface area contributed by atoms with Gasteiger partial charge in [-0.3, -0.25) is 19.4 Å². The van der Waals surface area contributed by atoms with Crippen LogP contribution >= 0.6 is 0 Å². The fourth-order valence-corrected chi connectivity index (χ4v) is 5.45. The maximum absolute atomic E-state index is 14.3. The van der Waals surface area contributed by atoms with Crippen LogP contribution < -0.4 is 10.1 Å². The molecule has 10 nitrogen and oxygen atoms in total. The Kier molecular flexibility index (Phi) is 12.7. The molecule has 2 heterocycles. The van der Waals surface area contributed by atoms with Crippen molar-refractivity contribution < 1.29 is 29.0 Å². The maximum atomic E-state index is 14.3. The Labute approximate surface area is 271 Å². The van der Waals surface area contributed by atoms with E-state index in [0.29, 0.717) is 36.6 Å². The minimum Gasteiger partial charge on any atom is -0.490 e. The molecule has 0 unspecified atom stereocenters. The van der Waals surface area contributed by atoms with Gasteiger partial charge in [0.25, 0.3) is 11.8 Å². The van der Waals surface area contributed by atoms with Gasteiger partial charge in [0.2, 0.25) is 5.91 Å². The van der Waals surface area contributed by atoms with Crippen molar-refractivity contribution in [3.63, 3.8) is 0 Å². The zero-order valence-corrected chi connectivity index (χ0v) is 27.2. The summed E-state index contributed by atoms with van der Waals surface area (Å²) in [4.78, 5) is 47.6. The van der Waals surface area contributed by atoms with E-state index < -0.39 is 6.04 Å². The van der Waals surface area contributed by atoms with Gasteiger partial charge in [0, 0.05) is 56.3 Å². The number of fused-ring (bicyclic) bond motifs is 1. The second-order valence-corrected chi connectivity index (χ2v) is 12.1. The third kappa shape index (κ3) is 9.61. The molecule has 3 amide bonds. The molecule has 10 heteroatoms. The van der Waals surface area contributed by atoms with Gasteiger partial charge < -0.3 is 29.7 Å². The monoisotopic (exact) mass is 630 g/mol. The van der Waals surface area contributed by atoms with Crippen LogP contribution in [0.4, 0.5) is 5.69 Å². The predicted octanol–water partition coefficient (Wildman–Crippen LogP) is 4.83. The Hall–Kier alpha value is -4.28. The highest BCUT2D eigenvalue weighted by molar-refractivity contribution is 6.05. The minimum atomic E-state index is -0.513. The zero-order valence-electron chi connectivity index (χ0n) is 27.2. The van der Waals surface area contributed by atoms with Crippen molar-refractivity contribution in [2.24, 2.45) is 5.92 Å². The summed E-state index contributed by atoms with van der Waals surface area (Å²) in [5.41, 5.74) is 2.11. The smallest absolute Gasteiger partial charge is 0.258 e. The second kappa shape index (κ2) is 16.9. The molecule has 2 N–H and O–H groups in total. The number of benzene rings is 2. The van der Waals surface area contributed by atoms with Crippen molar-refractivity contribution in [2.75, 3.05) is 38.7 Å². The predicted molar refractivity (Wildman–Crippen MR) is 177 cm³/mol. The molecular weight excluding hydrogens is 584 g/mol. The molecule has 3 aromatic rings. The number of aliphatic hydroxyl groups is 1. The van der Waals surface area contributed by atoms with Gasteiger partial charge in [0.1, 0.15) is 5.75 Å². The van der Waals surface area contributed by atoms with Crippen molar-refractivity contribution in [1.29, 1.82) is 0 Å². The Morgan fingerprint density at radius 2 is 1.83 bits per heavy atom. The summed E-state index contributed by atoms with van der Waals surface area (Å²) in [5, 5.41) is 13.1. The molecule has 0 spiro atoms. The van der Waals surface area contributed by atoms with E-state index in [4.69, 9.17) is 9.47 Å². The number of aliphatic hydroxyl groups excluding tert-OH is 1. The van der Waals surface area contributed by atoms with Crippen LogP contribution in [-0.4, -0.2) is 89.2 Å². The summed E-state index contributed by atoms with van der Waals surface area (Å²) in [6.45, 7) is 6.66. The number of rotatable bonds is 8. The standard InChI is InChI=1S/C36H46N4O6/c1-25-22-40(26(2)24-41)36(44)31-21-30(38-35(43)29-15-17-37-18-16-29)13-14-32(31)46-27(3)10-8-9-19-45-33(25)23-39(4)34(42)20-28-11-6-5-7-12-28/h5-7,11-18,21,25-27,33,41H,8-10,19-20,22-24H2,1-4H3,(H,38,43)/t25-,26+,27-,33-/m0/s1. The lowest BCUT2D eigenvalue weighted by Gasteiger charge is -2.36. The highest BCUT2D eigenvalue weighted by atomic mass is 16.5. The van der Waals surface area contributed by atoms with E-state index in [2.05, 4.69) is 10.3 Å². The summed E-state index contributed by atoms with van der Waals surface area (Å²) in [6, 6.07) is 17.4. The topological polar surface area (TPSA) is 121 Å². The molecule has 2 aromatic carbocycles. The molecule has 0 saturated carbocycles. The zero-order chi connectivity index (χ0) is 33.1. The van der Waals surface area contributed by atoms with E-state index in [1.54, 1.807) is 66.5 Å². The van der Waals surface area contributed by atoms with E-state index in [0.717, 1.165) is 24.8 Å². The van der Waals surface area contributed by atoms with Gasteiger partial charge in [-0.25, -0.2) is 0 Å². The van der Waals surface area contributed by atoms with Crippen molar-refractivity contribution in [3.05, 3.63) is 89.7 Å². The summed E-state index contributed by atoms with van der Waals surface area (Å²) >= 11 is 0. The molecule has 1 aliphatic heterocycles. The van der Waals surface area contributed by atoms with Crippen LogP contribution in [0, 0.1) is 5.92 Å². The molecule has 0 bridgehead atoms. The first kappa shape index (κ1) is 34.6. The second-order valence-electron chi connectivity index (χ2n) is 12.1. The first-order valence-corrected chi connectivity index (χ1v) is 16.0. The Bertz CT molecular complexity index is 1440. The lowest BCUT2D eigenvalue weighted by Crippen LogP contribution is -2.48. The molecule has 0 radical (unpaired) electrons. The van der Waals surface area contributed by atoms with Gasteiger partial charge >= 0.3 is 0 Å². The number of nitrogens with zero attached hydrogens (tertiary/aromatic N) is 3. The average Bonchev–Trinajstić information content (AvgIpc) is 3.06. The van der Waals surface area contributed by atoms with Crippen molar-refractivity contribution in [2.45, 2.75) is 64.7 Å². The molecular formula is C36H46N4O6. The fourth-order valence-electron chi connectivity index (χ4n) is 5.45. The van der Waals surface area contributed by atoms with Gasteiger partial charge in [-0.15, -0.1) is 0 Å². The SMILES string of the molecule is C[C@H](CO)N1C[C@H](C)[C@H](CN(C)C(=O)Cc2ccccc2)OCCCC[C@H](C)Oc2ccc(NC(=O)c3ccncc3)cc2C1=O. The van der Waals surface area contributed by atoms with E-state index in [1.807, 2.05) is 44.2 Å². The van der Waals surface area contributed by atoms with E-state index in [-0.39, 0.29) is 54.6 Å². The summed E-state index contributed by atoms with van der Waals surface area (Å²) in [5.74, 6) is -0.437. The normalized spacial score (nSPS) is 20.1. The van der Waals surface area contributed by atoms with Gasteiger partial charge in [-0.2, -0.15) is 0 Å². The number of nitrogens with one attached hydrogen (secondary N) is 1. The number of carbonyl (C=O) groups excluding carboxylic acids is 3. The molecule has 46 heavy (non-hydrogen) atoms. The van der Waals surface area contributed by atoms with Gasteiger partial charge in [0.15, 0.2) is 0 Å². The summed E-state index contributed by atoms with van der Waals surface area (Å²) in [7, 11) is 1.78. The number of anilines is 1. The van der Waals surface area contributed by atoms with E-state index in [1.165, 1.54) is 0 Å². The molecule has 1 aromatic heterocycles. The van der Waals surface area contributed by atoms with Gasteiger partial charge in [-0.05, 0) is 69.0 Å². The van der Waals surface area contributed by atoms with Crippen LogP contribution in [0.5, 0.6) is 5.75 Å². The number of hydrogen-bond donors (Lipinski definition) is 2. The van der Waals surface area contributed by atoms with Crippen molar-refractivity contribution >= 4 is 23.4 Å². The number of carbonyl (C=O) groups is 3. The van der Waals surface area contributed by atoms with Crippen LogP contribution in [-0.2, 0) is 16.0 Å². The van der Waals surface area contributed by atoms with Crippen molar-refractivity contribution in [1.82, 2.24) is 14.8 Å². The number of likely N-dealkylation sites (N-methyl/N-ethyl adjacent to an activating group) is 1. The summed E-state index contributed by atoms with van der Waals surface area (Å²) in [6.07, 6.45) is 5.30. The number of hydrogen-bond acceptors (Lipinski definition) is 7. The fraction of sp³-hybridized carbons (Fsp3) is 0.444. The van der Waals surface area contributed by atoms with E-state index in [9.17, 15) is 19.5 Å². The Balaban J connectivity index is 1.60. The lowest BCUT2D eigenvalue weighted by atomic mass is 10.0. The highest BCUT2D eigenvalue weighted by Gasteiger charge is 2.31. The number of aromatic nitrogens is 1. The largest absolute Gasteiger partial charge is 0.490 e. The first-order valence-electron chi connectivity index (χ1n) is 16.0. The number of amides is 3. The molecule has 246 valence electrons. The van der Waals surface area contributed by atoms with Crippen LogP contribution in [0.3, 0.4) is 0 Å². The van der Waals surface area contributed by atoms with E-state index >= 15 is 0 Å². The highest BCUT2D eigenvalue weighted by Crippen LogP contribution is 2.29. The molecule has 0 aliphatic carbocycles. The first-order chi connectivity index (χ1) is 22.2. The average molecular weight is 631 g/mol. The van der Waals surface area contributed by atoms with Crippen LogP contribution in [0.2, 0.25) is 0 Å². The van der Waals surface area contributed by atoms with Gasteiger partial charge in [0.05, 0.1) is 36.8 Å². The maximum Gasteiger partial charge on any atom is 0.258 e. The molecule has 0 fully saturated rings. The third-order valence-electron chi connectivity index (χ3n) is 8.33.